The van der Waals surface area contributed by atoms with Gasteiger partial charge in [0.25, 0.3) is 0 Å². The molecule has 5 heteroatoms. The number of aliphatic hydroxyl groups is 1. The Labute approximate surface area is 144 Å². The lowest BCUT2D eigenvalue weighted by molar-refractivity contribution is -0.137. The number of piperidine rings is 2. The Hall–Kier alpha value is -1.88. The van der Waals surface area contributed by atoms with E-state index in [4.69, 9.17) is 0 Å². The highest BCUT2D eigenvalue weighted by Crippen LogP contribution is 2.40. The summed E-state index contributed by atoms with van der Waals surface area (Å²) >= 11 is 0. The molecule has 0 unspecified atom stereocenters. The van der Waals surface area contributed by atoms with E-state index < -0.39 is 6.10 Å². The van der Waals surface area contributed by atoms with Crippen LogP contribution in [0.1, 0.15) is 44.4 Å². The topological polar surface area (TPSA) is 56.7 Å². The fourth-order valence-corrected chi connectivity index (χ4v) is 3.89. The molecule has 0 bridgehead atoms. The van der Waals surface area contributed by atoms with Gasteiger partial charge in [0.15, 0.2) is 0 Å². The van der Waals surface area contributed by atoms with Crippen molar-refractivity contribution in [2.45, 2.75) is 38.7 Å². The number of pyridine rings is 1. The zero-order chi connectivity index (χ0) is 17.2. The first-order valence-corrected chi connectivity index (χ1v) is 8.82. The average Bonchev–Trinajstić information content (AvgIpc) is 2.59. The average molecular weight is 329 g/mol. The van der Waals surface area contributed by atoms with Gasteiger partial charge in [0.05, 0.1) is 11.8 Å². The summed E-state index contributed by atoms with van der Waals surface area (Å²) < 4.78 is 0. The van der Waals surface area contributed by atoms with E-state index in [0.29, 0.717) is 18.7 Å². The quantitative estimate of drug-likeness (QED) is 0.863. The van der Waals surface area contributed by atoms with E-state index in [1.165, 1.54) is 0 Å². The second kappa shape index (κ2) is 6.93. The van der Waals surface area contributed by atoms with Crippen LogP contribution in [-0.2, 0) is 4.79 Å². The molecule has 24 heavy (non-hydrogen) atoms. The third-order valence-electron chi connectivity index (χ3n) is 5.43. The van der Waals surface area contributed by atoms with Crippen LogP contribution in [0.5, 0.6) is 0 Å². The van der Waals surface area contributed by atoms with Crippen molar-refractivity contribution in [1.29, 1.82) is 0 Å². The highest BCUT2D eigenvalue weighted by atomic mass is 16.3. The summed E-state index contributed by atoms with van der Waals surface area (Å²) in [5.41, 5.74) is 0.961. The first-order chi connectivity index (χ1) is 11.5. The molecule has 1 N–H and O–H groups in total. The standard InChI is InChI=1S/C19H27N3O2/c1-3-11-22-14-19(8-7-18(22)24)9-12-21(13-10-19)17-6-4-5-16(20-17)15(2)23/h3-6,15,23H,1,7-14H2,2H3/t15-/m1/s1. The predicted molar refractivity (Wildman–Crippen MR) is 94.8 cm³/mol. The fraction of sp³-hybridized carbons (Fsp3) is 0.579. The van der Waals surface area contributed by atoms with E-state index in [0.717, 1.165) is 44.7 Å². The molecule has 5 nitrogen and oxygen atoms in total. The van der Waals surface area contributed by atoms with Gasteiger partial charge in [-0.2, -0.15) is 0 Å². The lowest BCUT2D eigenvalue weighted by Gasteiger charge is -2.47. The van der Waals surface area contributed by atoms with Gasteiger partial charge in [0, 0.05) is 32.6 Å². The number of anilines is 1. The molecule has 2 aliphatic heterocycles. The molecule has 0 aromatic carbocycles. The van der Waals surface area contributed by atoms with Gasteiger partial charge in [-0.3, -0.25) is 4.79 Å². The molecule has 3 rings (SSSR count). The Kier molecular flexibility index (Phi) is 4.90. The van der Waals surface area contributed by atoms with E-state index in [1.54, 1.807) is 6.92 Å². The number of rotatable bonds is 4. The van der Waals surface area contributed by atoms with Crippen molar-refractivity contribution >= 4 is 11.7 Å². The van der Waals surface area contributed by atoms with Crippen LogP contribution < -0.4 is 4.90 Å². The summed E-state index contributed by atoms with van der Waals surface area (Å²) in [5, 5.41) is 9.72. The number of nitrogens with zero attached hydrogens (tertiary/aromatic N) is 3. The van der Waals surface area contributed by atoms with Crippen molar-refractivity contribution in [3.05, 3.63) is 36.5 Å². The summed E-state index contributed by atoms with van der Waals surface area (Å²) in [5.74, 6) is 1.20. The second-order valence-electron chi connectivity index (χ2n) is 7.15. The Morgan fingerprint density at radius 2 is 2.12 bits per heavy atom. The molecular weight excluding hydrogens is 302 g/mol. The Bertz CT molecular complexity index is 606. The maximum Gasteiger partial charge on any atom is 0.222 e. The molecule has 0 aliphatic carbocycles. The van der Waals surface area contributed by atoms with Gasteiger partial charge in [-0.05, 0) is 43.7 Å². The highest BCUT2D eigenvalue weighted by Gasteiger charge is 2.40. The van der Waals surface area contributed by atoms with Crippen molar-refractivity contribution < 1.29 is 9.90 Å². The third kappa shape index (κ3) is 3.46. The van der Waals surface area contributed by atoms with E-state index in [9.17, 15) is 9.90 Å². The van der Waals surface area contributed by atoms with Crippen LogP contribution in [0.15, 0.2) is 30.9 Å². The van der Waals surface area contributed by atoms with Crippen molar-refractivity contribution in [3.63, 3.8) is 0 Å². The van der Waals surface area contributed by atoms with Crippen LogP contribution in [0.4, 0.5) is 5.82 Å². The fourth-order valence-electron chi connectivity index (χ4n) is 3.89. The van der Waals surface area contributed by atoms with Gasteiger partial charge in [0.1, 0.15) is 5.82 Å². The molecule has 1 aromatic heterocycles. The molecule has 1 amide bonds. The van der Waals surface area contributed by atoms with Gasteiger partial charge >= 0.3 is 0 Å². The van der Waals surface area contributed by atoms with Crippen LogP contribution >= 0.6 is 0 Å². The van der Waals surface area contributed by atoms with E-state index in [1.807, 2.05) is 29.2 Å². The van der Waals surface area contributed by atoms with Crippen molar-refractivity contribution in [1.82, 2.24) is 9.88 Å². The Morgan fingerprint density at radius 3 is 2.79 bits per heavy atom. The molecule has 2 fully saturated rings. The number of carbonyl (C=O) groups is 1. The minimum Gasteiger partial charge on any atom is -0.387 e. The minimum atomic E-state index is -0.544. The molecular formula is C19H27N3O2. The first-order valence-electron chi connectivity index (χ1n) is 8.82. The second-order valence-corrected chi connectivity index (χ2v) is 7.15. The Balaban J connectivity index is 1.66. The van der Waals surface area contributed by atoms with Crippen LogP contribution in [0.2, 0.25) is 0 Å². The minimum absolute atomic E-state index is 0.245. The molecule has 0 radical (unpaired) electrons. The third-order valence-corrected chi connectivity index (χ3v) is 5.43. The lowest BCUT2D eigenvalue weighted by atomic mass is 9.72. The summed E-state index contributed by atoms with van der Waals surface area (Å²) in [6.45, 7) is 8.92. The number of carbonyl (C=O) groups excluding carboxylic acids is 1. The summed E-state index contributed by atoms with van der Waals surface area (Å²) in [4.78, 5) is 20.9. The highest BCUT2D eigenvalue weighted by molar-refractivity contribution is 5.77. The van der Waals surface area contributed by atoms with Crippen LogP contribution in [0, 0.1) is 5.41 Å². The summed E-state index contributed by atoms with van der Waals surface area (Å²) in [7, 11) is 0. The Morgan fingerprint density at radius 1 is 1.38 bits per heavy atom. The van der Waals surface area contributed by atoms with Crippen LogP contribution in [0.25, 0.3) is 0 Å². The van der Waals surface area contributed by atoms with E-state index in [-0.39, 0.29) is 11.3 Å². The van der Waals surface area contributed by atoms with Crippen molar-refractivity contribution in [2.24, 2.45) is 5.41 Å². The predicted octanol–water partition coefficient (Wildman–Crippen LogP) is 2.53. The van der Waals surface area contributed by atoms with Crippen LogP contribution in [-0.4, -0.2) is 47.1 Å². The zero-order valence-corrected chi connectivity index (χ0v) is 14.4. The number of hydrogen-bond donors (Lipinski definition) is 1. The zero-order valence-electron chi connectivity index (χ0n) is 14.4. The molecule has 2 aliphatic rings. The van der Waals surface area contributed by atoms with E-state index >= 15 is 0 Å². The number of likely N-dealkylation sites (tertiary alicyclic amines) is 1. The van der Waals surface area contributed by atoms with Gasteiger partial charge in [0.2, 0.25) is 5.91 Å². The van der Waals surface area contributed by atoms with Gasteiger partial charge in [-0.15, -0.1) is 6.58 Å². The number of amides is 1. The van der Waals surface area contributed by atoms with Crippen molar-refractivity contribution in [3.8, 4) is 0 Å². The molecule has 1 aromatic rings. The first kappa shape index (κ1) is 17.0. The molecule has 130 valence electrons. The number of aromatic nitrogens is 1. The van der Waals surface area contributed by atoms with Gasteiger partial charge < -0.3 is 14.9 Å². The molecule has 2 saturated heterocycles. The molecule has 1 atom stereocenters. The van der Waals surface area contributed by atoms with Gasteiger partial charge in [-0.25, -0.2) is 4.98 Å². The molecule has 0 saturated carbocycles. The van der Waals surface area contributed by atoms with E-state index in [2.05, 4.69) is 16.5 Å². The smallest absolute Gasteiger partial charge is 0.222 e. The largest absolute Gasteiger partial charge is 0.387 e. The maximum absolute atomic E-state index is 12.0. The normalized spacial score (nSPS) is 21.8. The summed E-state index contributed by atoms with van der Waals surface area (Å²) in [6.07, 6.45) is 5.08. The number of aliphatic hydroxyl groups excluding tert-OH is 1. The lowest BCUT2D eigenvalue weighted by Crippen LogP contribution is -2.51. The maximum atomic E-state index is 12.0. The summed E-state index contributed by atoms with van der Waals surface area (Å²) in [6, 6.07) is 5.83. The SMILES string of the molecule is C=CCN1CC2(CCC1=O)CCN(c1cccc([C@@H](C)O)n1)CC2. The van der Waals surface area contributed by atoms with Gasteiger partial charge in [-0.1, -0.05) is 12.1 Å². The molecule has 3 heterocycles. The number of hydrogen-bond acceptors (Lipinski definition) is 4. The van der Waals surface area contributed by atoms with Crippen LogP contribution in [0.3, 0.4) is 0 Å². The molecule has 1 spiro atoms. The monoisotopic (exact) mass is 329 g/mol. The van der Waals surface area contributed by atoms with Crippen molar-refractivity contribution in [2.75, 3.05) is 31.1 Å².